The highest BCUT2D eigenvalue weighted by Crippen LogP contribution is 2.21. The van der Waals surface area contributed by atoms with E-state index in [4.69, 9.17) is 0 Å². The fraction of sp³-hybridized carbons (Fsp3) is 0.556. The van der Waals surface area contributed by atoms with Crippen LogP contribution >= 0.6 is 0 Å². The van der Waals surface area contributed by atoms with Gasteiger partial charge in [0.25, 0.3) is 0 Å². The Kier molecular flexibility index (Phi) is 5.99. The Morgan fingerprint density at radius 2 is 1.95 bits per heavy atom. The van der Waals surface area contributed by atoms with Gasteiger partial charge in [-0.25, -0.2) is 0 Å². The van der Waals surface area contributed by atoms with Crippen molar-refractivity contribution in [3.05, 3.63) is 29.8 Å². The number of hydrogen-bond donors (Lipinski definition) is 0. The molecule has 1 heterocycles. The predicted octanol–water partition coefficient (Wildman–Crippen LogP) is 3.00. The van der Waals surface area contributed by atoms with Crippen LogP contribution in [0.1, 0.15) is 45.1 Å². The molecule has 2 rings (SSSR count). The molecule has 0 unspecified atom stereocenters. The van der Waals surface area contributed by atoms with Gasteiger partial charge < -0.3 is 9.80 Å². The van der Waals surface area contributed by atoms with Gasteiger partial charge in [0.1, 0.15) is 0 Å². The highest BCUT2D eigenvalue weighted by molar-refractivity contribution is 5.95. The van der Waals surface area contributed by atoms with Gasteiger partial charge in [-0.15, -0.1) is 0 Å². The van der Waals surface area contributed by atoms with Crippen LogP contribution in [-0.4, -0.2) is 36.3 Å². The van der Waals surface area contributed by atoms with Gasteiger partial charge in [-0.05, 0) is 37.5 Å². The minimum Gasteiger partial charge on any atom is -0.343 e. The number of unbranched alkanes of at least 4 members (excludes halogenated alkanes) is 1. The lowest BCUT2D eigenvalue weighted by atomic mass is 10.1. The van der Waals surface area contributed by atoms with Gasteiger partial charge in [-0.2, -0.15) is 0 Å². The van der Waals surface area contributed by atoms with E-state index in [-0.39, 0.29) is 11.8 Å². The molecule has 0 saturated carbocycles. The van der Waals surface area contributed by atoms with Crippen molar-refractivity contribution in [2.75, 3.05) is 24.5 Å². The molecular weight excluding hydrogens is 276 g/mol. The van der Waals surface area contributed by atoms with Crippen molar-refractivity contribution in [2.45, 2.75) is 46.0 Å². The molecule has 1 aliphatic heterocycles. The summed E-state index contributed by atoms with van der Waals surface area (Å²) in [5, 5.41) is 0. The molecule has 4 nitrogen and oxygen atoms in total. The summed E-state index contributed by atoms with van der Waals surface area (Å²) >= 11 is 0. The van der Waals surface area contributed by atoms with Gasteiger partial charge in [0.05, 0.1) is 6.42 Å². The molecule has 1 saturated heterocycles. The Bertz CT molecular complexity index is 510. The Labute approximate surface area is 133 Å². The standard InChI is InChI=1S/C18H26N2O2/c1-3-5-12-19(4-2)18(22)14-15-8-10-16(11-9-15)20-13-6-7-17(20)21/h8-11H,3-7,12-14H2,1-2H3. The van der Waals surface area contributed by atoms with Crippen molar-refractivity contribution < 1.29 is 9.59 Å². The summed E-state index contributed by atoms with van der Waals surface area (Å²) in [4.78, 5) is 27.8. The van der Waals surface area contributed by atoms with E-state index in [1.54, 1.807) is 0 Å². The fourth-order valence-corrected chi connectivity index (χ4v) is 2.81. The SMILES string of the molecule is CCCCN(CC)C(=O)Cc1ccc(N2CCCC2=O)cc1. The molecule has 0 aromatic heterocycles. The van der Waals surface area contributed by atoms with Gasteiger partial charge in [-0.1, -0.05) is 25.5 Å². The predicted molar refractivity (Wildman–Crippen MR) is 88.9 cm³/mol. The van der Waals surface area contributed by atoms with Crippen LogP contribution in [0.4, 0.5) is 5.69 Å². The number of nitrogens with zero attached hydrogens (tertiary/aromatic N) is 2. The van der Waals surface area contributed by atoms with Crippen LogP contribution in [0.3, 0.4) is 0 Å². The Balaban J connectivity index is 1.95. The first-order valence-corrected chi connectivity index (χ1v) is 8.32. The number of carbonyl (C=O) groups is 2. The molecule has 0 bridgehead atoms. The van der Waals surface area contributed by atoms with Crippen molar-refractivity contribution in [2.24, 2.45) is 0 Å². The van der Waals surface area contributed by atoms with Gasteiger partial charge in [-0.3, -0.25) is 9.59 Å². The van der Waals surface area contributed by atoms with Crippen LogP contribution < -0.4 is 4.90 Å². The molecule has 0 radical (unpaired) electrons. The Morgan fingerprint density at radius 1 is 1.23 bits per heavy atom. The topological polar surface area (TPSA) is 40.6 Å². The van der Waals surface area contributed by atoms with E-state index in [0.29, 0.717) is 12.8 Å². The molecule has 1 aromatic rings. The van der Waals surface area contributed by atoms with E-state index in [1.165, 1.54) is 0 Å². The fourth-order valence-electron chi connectivity index (χ4n) is 2.81. The zero-order valence-electron chi connectivity index (χ0n) is 13.7. The second-order valence-corrected chi connectivity index (χ2v) is 5.82. The zero-order valence-corrected chi connectivity index (χ0v) is 13.7. The number of benzene rings is 1. The van der Waals surface area contributed by atoms with E-state index in [0.717, 1.165) is 50.1 Å². The Morgan fingerprint density at radius 3 is 2.50 bits per heavy atom. The van der Waals surface area contributed by atoms with Crippen LogP contribution in [0.5, 0.6) is 0 Å². The van der Waals surface area contributed by atoms with Crippen LogP contribution in [0.15, 0.2) is 24.3 Å². The van der Waals surface area contributed by atoms with Gasteiger partial charge in [0, 0.05) is 31.7 Å². The highest BCUT2D eigenvalue weighted by Gasteiger charge is 2.21. The van der Waals surface area contributed by atoms with Crippen LogP contribution in [0, 0.1) is 0 Å². The maximum atomic E-state index is 12.3. The molecule has 1 fully saturated rings. The highest BCUT2D eigenvalue weighted by atomic mass is 16.2. The number of carbonyl (C=O) groups excluding carboxylic acids is 2. The average molecular weight is 302 g/mol. The lowest BCUT2D eigenvalue weighted by Crippen LogP contribution is -2.33. The maximum Gasteiger partial charge on any atom is 0.227 e. The van der Waals surface area contributed by atoms with Crippen LogP contribution in [-0.2, 0) is 16.0 Å². The van der Waals surface area contributed by atoms with Crippen LogP contribution in [0.25, 0.3) is 0 Å². The molecule has 0 N–H and O–H groups in total. The zero-order chi connectivity index (χ0) is 15.9. The summed E-state index contributed by atoms with van der Waals surface area (Å²) in [7, 11) is 0. The molecule has 120 valence electrons. The monoisotopic (exact) mass is 302 g/mol. The number of hydrogen-bond acceptors (Lipinski definition) is 2. The number of rotatable bonds is 7. The summed E-state index contributed by atoms with van der Waals surface area (Å²) in [6.45, 7) is 6.56. The van der Waals surface area contributed by atoms with Gasteiger partial charge in [0.15, 0.2) is 0 Å². The molecule has 0 aliphatic carbocycles. The summed E-state index contributed by atoms with van der Waals surface area (Å²) in [6, 6.07) is 7.83. The second kappa shape index (κ2) is 7.97. The first-order chi connectivity index (χ1) is 10.7. The molecule has 2 amide bonds. The molecule has 1 aromatic carbocycles. The van der Waals surface area contributed by atoms with Crippen molar-refractivity contribution in [3.63, 3.8) is 0 Å². The lowest BCUT2D eigenvalue weighted by Gasteiger charge is -2.21. The maximum absolute atomic E-state index is 12.3. The van der Waals surface area contributed by atoms with Crippen molar-refractivity contribution in [1.29, 1.82) is 0 Å². The normalized spacial score (nSPS) is 14.5. The quantitative estimate of drug-likeness (QED) is 0.777. The van der Waals surface area contributed by atoms with Gasteiger partial charge >= 0.3 is 0 Å². The summed E-state index contributed by atoms with van der Waals surface area (Å²) in [5.41, 5.74) is 1.95. The van der Waals surface area contributed by atoms with Crippen molar-refractivity contribution in [1.82, 2.24) is 4.90 Å². The lowest BCUT2D eigenvalue weighted by molar-refractivity contribution is -0.130. The smallest absolute Gasteiger partial charge is 0.227 e. The number of amides is 2. The molecule has 0 spiro atoms. The molecule has 1 aliphatic rings. The average Bonchev–Trinajstić information content (AvgIpc) is 2.95. The van der Waals surface area contributed by atoms with Gasteiger partial charge in [0.2, 0.25) is 11.8 Å². The minimum absolute atomic E-state index is 0.181. The summed E-state index contributed by atoms with van der Waals surface area (Å²) in [5.74, 6) is 0.376. The third-order valence-corrected chi connectivity index (χ3v) is 4.19. The molecule has 22 heavy (non-hydrogen) atoms. The van der Waals surface area contributed by atoms with Crippen LogP contribution in [0.2, 0.25) is 0 Å². The van der Waals surface area contributed by atoms with Crippen molar-refractivity contribution >= 4 is 17.5 Å². The largest absolute Gasteiger partial charge is 0.343 e. The summed E-state index contributed by atoms with van der Waals surface area (Å²) < 4.78 is 0. The number of likely N-dealkylation sites (N-methyl/N-ethyl adjacent to an activating group) is 1. The second-order valence-electron chi connectivity index (χ2n) is 5.82. The van der Waals surface area contributed by atoms with E-state index in [1.807, 2.05) is 41.0 Å². The van der Waals surface area contributed by atoms with E-state index >= 15 is 0 Å². The molecule has 4 heteroatoms. The van der Waals surface area contributed by atoms with E-state index in [9.17, 15) is 9.59 Å². The first-order valence-electron chi connectivity index (χ1n) is 8.32. The van der Waals surface area contributed by atoms with E-state index in [2.05, 4.69) is 6.92 Å². The van der Waals surface area contributed by atoms with Crippen molar-refractivity contribution in [3.8, 4) is 0 Å². The minimum atomic E-state index is 0.181. The Hall–Kier alpha value is -1.84. The molecule has 0 atom stereocenters. The first kappa shape index (κ1) is 16.5. The van der Waals surface area contributed by atoms with E-state index < -0.39 is 0 Å². The summed E-state index contributed by atoms with van der Waals surface area (Å²) in [6.07, 6.45) is 4.16. The third kappa shape index (κ3) is 4.09. The third-order valence-electron chi connectivity index (χ3n) is 4.19. The number of anilines is 1. The molecular formula is C18H26N2O2.